The highest BCUT2D eigenvalue weighted by Gasteiger charge is 2.42. The van der Waals surface area contributed by atoms with Gasteiger partial charge in [-0.3, -0.25) is 4.79 Å². The minimum absolute atomic E-state index is 0.336. The second-order valence-electron chi connectivity index (χ2n) is 4.88. The quantitative estimate of drug-likeness (QED) is 0.832. The van der Waals surface area contributed by atoms with Crippen LogP contribution in [0.2, 0.25) is 0 Å². The molecule has 0 aromatic carbocycles. The monoisotopic (exact) mass is 279 g/mol. The molecule has 1 aliphatic rings. The van der Waals surface area contributed by atoms with E-state index in [0.29, 0.717) is 12.8 Å². The average Bonchev–Trinajstić information content (AvgIpc) is 2.97. The fraction of sp³-hybridized carbons (Fsp3) is 0.429. The summed E-state index contributed by atoms with van der Waals surface area (Å²) in [7, 11) is 0. The molecule has 0 radical (unpaired) electrons. The third kappa shape index (κ3) is 3.04. The van der Waals surface area contributed by atoms with Gasteiger partial charge in [0, 0.05) is 11.0 Å². The van der Waals surface area contributed by atoms with Crippen LogP contribution in [0.25, 0.3) is 6.08 Å². The van der Waals surface area contributed by atoms with Gasteiger partial charge in [0.1, 0.15) is 5.54 Å². The predicted octanol–water partition coefficient (Wildman–Crippen LogP) is 2.58. The van der Waals surface area contributed by atoms with E-state index in [9.17, 15) is 14.7 Å². The Bertz CT molecular complexity index is 513. The van der Waals surface area contributed by atoms with Crippen molar-refractivity contribution >= 4 is 29.3 Å². The molecule has 5 heteroatoms. The van der Waals surface area contributed by atoms with Gasteiger partial charge >= 0.3 is 5.97 Å². The van der Waals surface area contributed by atoms with Crippen LogP contribution in [0, 0.1) is 6.92 Å². The molecule has 2 rings (SSSR count). The van der Waals surface area contributed by atoms with Crippen molar-refractivity contribution in [2.24, 2.45) is 0 Å². The summed E-state index contributed by atoms with van der Waals surface area (Å²) in [6, 6.07) is 1.98. The number of carbonyl (C=O) groups is 2. The predicted molar refractivity (Wildman–Crippen MR) is 75.1 cm³/mol. The van der Waals surface area contributed by atoms with Gasteiger partial charge in [0.2, 0.25) is 5.91 Å². The molecule has 0 unspecified atom stereocenters. The van der Waals surface area contributed by atoms with Gasteiger partial charge in [0.25, 0.3) is 0 Å². The first-order valence-electron chi connectivity index (χ1n) is 6.31. The van der Waals surface area contributed by atoms with Crippen LogP contribution in [0.15, 0.2) is 17.5 Å². The number of thiophene rings is 1. The van der Waals surface area contributed by atoms with Gasteiger partial charge in [-0.25, -0.2) is 4.79 Å². The largest absolute Gasteiger partial charge is 0.480 e. The molecule has 19 heavy (non-hydrogen) atoms. The Morgan fingerprint density at radius 1 is 1.42 bits per heavy atom. The maximum absolute atomic E-state index is 11.9. The summed E-state index contributed by atoms with van der Waals surface area (Å²) in [5.74, 6) is -1.27. The van der Waals surface area contributed by atoms with Crippen LogP contribution in [0.3, 0.4) is 0 Å². The lowest BCUT2D eigenvalue weighted by molar-refractivity contribution is -0.146. The number of aliphatic carboxylic acids is 1. The van der Waals surface area contributed by atoms with Crippen LogP contribution < -0.4 is 5.32 Å². The molecule has 1 aliphatic carbocycles. The van der Waals surface area contributed by atoms with Crippen molar-refractivity contribution in [2.45, 2.75) is 38.1 Å². The van der Waals surface area contributed by atoms with E-state index in [1.807, 2.05) is 18.4 Å². The highest BCUT2D eigenvalue weighted by atomic mass is 32.1. The highest BCUT2D eigenvalue weighted by molar-refractivity contribution is 7.11. The van der Waals surface area contributed by atoms with E-state index in [-0.39, 0.29) is 5.91 Å². The van der Waals surface area contributed by atoms with Gasteiger partial charge in [0.15, 0.2) is 0 Å². The van der Waals surface area contributed by atoms with Crippen LogP contribution in [-0.4, -0.2) is 22.5 Å². The fourth-order valence-electron chi connectivity index (χ4n) is 2.35. The van der Waals surface area contributed by atoms with E-state index >= 15 is 0 Å². The number of hydrogen-bond donors (Lipinski definition) is 2. The van der Waals surface area contributed by atoms with E-state index in [0.717, 1.165) is 23.3 Å². The van der Waals surface area contributed by atoms with E-state index in [1.165, 1.54) is 6.08 Å². The topological polar surface area (TPSA) is 66.4 Å². The number of hydrogen-bond acceptors (Lipinski definition) is 3. The van der Waals surface area contributed by atoms with E-state index in [1.54, 1.807) is 17.4 Å². The molecular weight excluding hydrogens is 262 g/mol. The molecular formula is C14H17NO3S. The number of amides is 1. The molecule has 0 saturated heterocycles. The third-order valence-electron chi connectivity index (χ3n) is 3.52. The van der Waals surface area contributed by atoms with Crippen LogP contribution in [-0.2, 0) is 9.59 Å². The Balaban J connectivity index is 2.03. The van der Waals surface area contributed by atoms with Crippen molar-refractivity contribution in [3.05, 3.63) is 28.0 Å². The van der Waals surface area contributed by atoms with Gasteiger partial charge in [-0.15, -0.1) is 11.3 Å². The molecule has 0 spiro atoms. The van der Waals surface area contributed by atoms with Crippen LogP contribution in [0.1, 0.15) is 36.1 Å². The van der Waals surface area contributed by atoms with Gasteiger partial charge in [0.05, 0.1) is 0 Å². The molecule has 1 saturated carbocycles. The van der Waals surface area contributed by atoms with Crippen molar-refractivity contribution in [2.75, 3.05) is 0 Å². The second kappa shape index (κ2) is 5.57. The maximum atomic E-state index is 11.9. The minimum atomic E-state index is -1.06. The maximum Gasteiger partial charge on any atom is 0.329 e. The number of rotatable bonds is 4. The summed E-state index contributed by atoms with van der Waals surface area (Å²) < 4.78 is 0. The van der Waals surface area contributed by atoms with Crippen molar-refractivity contribution in [1.29, 1.82) is 0 Å². The molecule has 4 nitrogen and oxygen atoms in total. The van der Waals surface area contributed by atoms with Gasteiger partial charge in [-0.05, 0) is 42.9 Å². The standard InChI is InChI=1S/C14H17NO3S/c1-10-6-9-19-11(10)4-5-12(16)15-14(13(17)18)7-2-3-8-14/h4-6,9H,2-3,7-8H2,1H3,(H,15,16)(H,17,18)/b5-4+. The van der Waals surface area contributed by atoms with Crippen LogP contribution >= 0.6 is 11.3 Å². The number of carboxylic acids is 1. The smallest absolute Gasteiger partial charge is 0.329 e. The van der Waals surface area contributed by atoms with Crippen molar-refractivity contribution in [1.82, 2.24) is 5.32 Å². The van der Waals surface area contributed by atoms with Gasteiger partial charge in [-0.2, -0.15) is 0 Å². The molecule has 0 atom stereocenters. The van der Waals surface area contributed by atoms with Gasteiger partial charge < -0.3 is 10.4 Å². The zero-order valence-electron chi connectivity index (χ0n) is 10.8. The first kappa shape index (κ1) is 13.8. The zero-order valence-corrected chi connectivity index (χ0v) is 11.6. The Hall–Kier alpha value is -1.62. The van der Waals surface area contributed by atoms with Crippen LogP contribution in [0.4, 0.5) is 0 Å². The molecule has 1 amide bonds. The lowest BCUT2D eigenvalue weighted by Gasteiger charge is -2.24. The summed E-state index contributed by atoms with van der Waals surface area (Å²) >= 11 is 1.56. The number of aryl methyl sites for hydroxylation is 1. The Kier molecular flexibility index (Phi) is 4.04. The van der Waals surface area contributed by atoms with Crippen molar-refractivity contribution in [3.63, 3.8) is 0 Å². The summed E-state index contributed by atoms with van der Waals surface area (Å²) in [4.78, 5) is 24.2. The number of nitrogens with one attached hydrogen (secondary N) is 1. The summed E-state index contributed by atoms with van der Waals surface area (Å²) in [5.41, 5.74) is 0.0502. The van der Waals surface area contributed by atoms with E-state index in [4.69, 9.17) is 0 Å². The number of carboxylic acid groups (broad SMARTS) is 1. The molecule has 1 heterocycles. The summed E-state index contributed by atoms with van der Waals surface area (Å²) in [6.45, 7) is 1.98. The van der Waals surface area contributed by atoms with Crippen LogP contribution in [0.5, 0.6) is 0 Å². The third-order valence-corrected chi connectivity index (χ3v) is 4.50. The normalized spacial score (nSPS) is 17.7. The first-order chi connectivity index (χ1) is 9.03. The van der Waals surface area contributed by atoms with Crippen molar-refractivity contribution < 1.29 is 14.7 Å². The zero-order chi connectivity index (χ0) is 13.9. The highest BCUT2D eigenvalue weighted by Crippen LogP contribution is 2.30. The summed E-state index contributed by atoms with van der Waals surface area (Å²) in [5, 5.41) is 13.9. The van der Waals surface area contributed by atoms with E-state index < -0.39 is 11.5 Å². The Morgan fingerprint density at radius 2 is 2.11 bits per heavy atom. The molecule has 1 fully saturated rings. The fourth-order valence-corrected chi connectivity index (χ4v) is 3.17. The molecule has 1 aromatic rings. The minimum Gasteiger partial charge on any atom is -0.480 e. The SMILES string of the molecule is Cc1ccsc1/C=C/C(=O)NC1(C(=O)O)CCCC1. The molecule has 0 bridgehead atoms. The Morgan fingerprint density at radius 3 is 2.63 bits per heavy atom. The molecule has 2 N–H and O–H groups in total. The first-order valence-corrected chi connectivity index (χ1v) is 7.19. The Labute approximate surface area is 116 Å². The second-order valence-corrected chi connectivity index (χ2v) is 5.83. The van der Waals surface area contributed by atoms with E-state index in [2.05, 4.69) is 5.32 Å². The molecule has 1 aromatic heterocycles. The number of carbonyl (C=O) groups excluding carboxylic acids is 1. The lowest BCUT2D eigenvalue weighted by atomic mass is 9.98. The van der Waals surface area contributed by atoms with Crippen molar-refractivity contribution in [3.8, 4) is 0 Å². The van der Waals surface area contributed by atoms with Gasteiger partial charge in [-0.1, -0.05) is 12.8 Å². The lowest BCUT2D eigenvalue weighted by Crippen LogP contribution is -2.52. The molecule has 0 aliphatic heterocycles. The summed E-state index contributed by atoms with van der Waals surface area (Å²) in [6.07, 6.45) is 5.88. The molecule has 102 valence electrons. The average molecular weight is 279 g/mol.